The molecule has 2 aromatic heterocycles. The van der Waals surface area contributed by atoms with E-state index in [2.05, 4.69) is 97.3 Å². The minimum absolute atomic E-state index is 0.0490. The van der Waals surface area contributed by atoms with Gasteiger partial charge in [-0.3, -0.25) is 9.69 Å². The maximum Gasteiger partial charge on any atom is 0.252 e. The Labute approximate surface area is 213 Å². The van der Waals surface area contributed by atoms with Crippen molar-refractivity contribution in [2.75, 3.05) is 6.54 Å². The summed E-state index contributed by atoms with van der Waals surface area (Å²) in [6.45, 7) is 14.2. The number of benzene rings is 2. The van der Waals surface area contributed by atoms with Gasteiger partial charge in [-0.25, -0.2) is 4.68 Å². The smallest absolute Gasteiger partial charge is 0.252 e. The van der Waals surface area contributed by atoms with Crippen molar-refractivity contribution >= 4 is 10.9 Å². The zero-order valence-electron chi connectivity index (χ0n) is 22.3. The molecular weight excluding hydrogens is 448 g/mol. The van der Waals surface area contributed by atoms with Crippen molar-refractivity contribution in [3.8, 4) is 0 Å². The van der Waals surface area contributed by atoms with Gasteiger partial charge in [-0.2, -0.15) is 0 Å². The minimum Gasteiger partial charge on any atom is -0.322 e. The summed E-state index contributed by atoms with van der Waals surface area (Å²) >= 11 is 0. The lowest BCUT2D eigenvalue weighted by molar-refractivity contribution is 0.127. The molecule has 0 saturated heterocycles. The first-order valence-electron chi connectivity index (χ1n) is 12.9. The van der Waals surface area contributed by atoms with E-state index in [1.54, 1.807) is 0 Å². The first-order valence-corrected chi connectivity index (χ1v) is 12.9. The van der Waals surface area contributed by atoms with E-state index in [1.165, 1.54) is 11.1 Å². The summed E-state index contributed by atoms with van der Waals surface area (Å²) in [6, 6.07) is 18.6. The number of tetrazole rings is 1. The standard InChI is InChI=1S/C29H38N6O/c1-7-29(5,6)35-27(31-32-33-35)26(20(2)3)34(16-15-22-11-9-8-10-12-22)19-24-18-23-17-21(4)13-14-25(23)30-28(24)36/h8-14,17-18,20,26H,7,15-16,19H2,1-6H3,(H,30,36)/t26-/m1/s1. The normalized spacial score (nSPS) is 13.1. The minimum atomic E-state index is -0.213. The Bertz CT molecular complexity index is 1360. The van der Waals surface area contributed by atoms with Crippen molar-refractivity contribution in [2.24, 2.45) is 5.92 Å². The number of nitrogens with zero attached hydrogens (tertiary/aromatic N) is 5. The molecule has 0 amide bonds. The van der Waals surface area contributed by atoms with Crippen LogP contribution in [0.15, 0.2) is 59.4 Å². The molecule has 0 aliphatic carbocycles. The van der Waals surface area contributed by atoms with E-state index in [0.717, 1.165) is 41.7 Å². The van der Waals surface area contributed by atoms with Crippen LogP contribution < -0.4 is 5.56 Å². The quantitative estimate of drug-likeness (QED) is 0.324. The first-order chi connectivity index (χ1) is 17.2. The van der Waals surface area contributed by atoms with E-state index >= 15 is 0 Å². The fourth-order valence-electron chi connectivity index (χ4n) is 4.78. The molecule has 7 heteroatoms. The zero-order chi connectivity index (χ0) is 25.9. The monoisotopic (exact) mass is 486 g/mol. The fraction of sp³-hybridized carbons (Fsp3) is 0.448. The molecule has 0 aliphatic rings. The van der Waals surface area contributed by atoms with Gasteiger partial charge in [0.15, 0.2) is 5.82 Å². The molecule has 2 heterocycles. The molecular formula is C29H38N6O. The Morgan fingerprint density at radius 2 is 1.83 bits per heavy atom. The molecule has 0 fully saturated rings. The van der Waals surface area contributed by atoms with Gasteiger partial charge in [0.25, 0.3) is 5.56 Å². The maximum absolute atomic E-state index is 13.2. The number of fused-ring (bicyclic) bond motifs is 1. The average molecular weight is 487 g/mol. The second kappa shape index (κ2) is 10.7. The molecule has 4 rings (SSSR count). The van der Waals surface area contributed by atoms with Crippen LogP contribution in [0.4, 0.5) is 0 Å². The van der Waals surface area contributed by atoms with E-state index in [0.29, 0.717) is 6.54 Å². The molecule has 4 aromatic rings. The number of aromatic nitrogens is 5. The molecule has 0 bridgehead atoms. The Hall–Kier alpha value is -3.32. The van der Waals surface area contributed by atoms with E-state index in [1.807, 2.05) is 28.9 Å². The van der Waals surface area contributed by atoms with Crippen molar-refractivity contribution in [1.29, 1.82) is 0 Å². The van der Waals surface area contributed by atoms with Crippen LogP contribution in [0.2, 0.25) is 0 Å². The summed E-state index contributed by atoms with van der Waals surface area (Å²) in [5.41, 5.74) is 3.78. The SMILES string of the molecule is CCC(C)(C)n1nnnc1[C@@H](C(C)C)N(CCc1ccccc1)Cc1cc2cc(C)ccc2[nH]c1=O. The highest BCUT2D eigenvalue weighted by Crippen LogP contribution is 2.32. The molecule has 2 aromatic carbocycles. The van der Waals surface area contributed by atoms with Gasteiger partial charge in [0.2, 0.25) is 0 Å². The molecule has 1 atom stereocenters. The highest BCUT2D eigenvalue weighted by atomic mass is 16.1. The van der Waals surface area contributed by atoms with Crippen molar-refractivity contribution in [1.82, 2.24) is 30.1 Å². The van der Waals surface area contributed by atoms with Crippen molar-refractivity contribution in [3.05, 3.63) is 87.5 Å². The predicted molar refractivity (Wildman–Crippen MR) is 145 cm³/mol. The van der Waals surface area contributed by atoms with E-state index in [-0.39, 0.29) is 23.1 Å². The molecule has 0 aliphatic heterocycles. The number of nitrogens with one attached hydrogen (secondary N) is 1. The third-order valence-corrected chi connectivity index (χ3v) is 7.20. The van der Waals surface area contributed by atoms with Crippen LogP contribution in [-0.4, -0.2) is 36.6 Å². The lowest BCUT2D eigenvalue weighted by Crippen LogP contribution is -2.39. The molecule has 0 unspecified atom stereocenters. The Morgan fingerprint density at radius 1 is 1.08 bits per heavy atom. The molecule has 0 spiro atoms. The summed E-state index contributed by atoms with van der Waals surface area (Å²) in [6.07, 6.45) is 1.77. The summed E-state index contributed by atoms with van der Waals surface area (Å²) in [4.78, 5) is 18.6. The van der Waals surface area contributed by atoms with Gasteiger partial charge in [-0.05, 0) is 79.1 Å². The molecule has 7 nitrogen and oxygen atoms in total. The molecule has 36 heavy (non-hydrogen) atoms. The molecule has 1 N–H and O–H groups in total. The zero-order valence-corrected chi connectivity index (χ0v) is 22.3. The van der Waals surface area contributed by atoms with Crippen LogP contribution in [0.25, 0.3) is 10.9 Å². The lowest BCUT2D eigenvalue weighted by atomic mass is 9.97. The highest BCUT2D eigenvalue weighted by Gasteiger charge is 2.33. The lowest BCUT2D eigenvalue weighted by Gasteiger charge is -2.35. The number of hydrogen-bond donors (Lipinski definition) is 1. The van der Waals surface area contributed by atoms with Gasteiger partial charge in [0.1, 0.15) is 0 Å². The van der Waals surface area contributed by atoms with Gasteiger partial charge in [0, 0.05) is 24.2 Å². The second-order valence-corrected chi connectivity index (χ2v) is 10.7. The maximum atomic E-state index is 13.2. The third-order valence-electron chi connectivity index (χ3n) is 7.20. The molecule has 0 radical (unpaired) electrons. The van der Waals surface area contributed by atoms with E-state index in [4.69, 9.17) is 0 Å². The van der Waals surface area contributed by atoms with Crippen LogP contribution in [0, 0.1) is 12.8 Å². The van der Waals surface area contributed by atoms with Crippen molar-refractivity contribution < 1.29 is 0 Å². The number of rotatable bonds is 10. The molecule has 0 saturated carbocycles. The summed E-state index contributed by atoms with van der Waals surface area (Å²) in [7, 11) is 0. The number of aryl methyl sites for hydroxylation is 1. The van der Waals surface area contributed by atoms with Gasteiger partial charge in [-0.1, -0.05) is 62.7 Å². The second-order valence-electron chi connectivity index (χ2n) is 10.7. The number of pyridine rings is 1. The summed E-state index contributed by atoms with van der Waals surface area (Å²) < 4.78 is 1.97. The van der Waals surface area contributed by atoms with Gasteiger partial charge < -0.3 is 4.98 Å². The summed E-state index contributed by atoms with van der Waals surface area (Å²) in [5.74, 6) is 1.08. The summed E-state index contributed by atoms with van der Waals surface area (Å²) in [5, 5.41) is 14.1. The Balaban J connectivity index is 1.76. The van der Waals surface area contributed by atoms with Gasteiger partial charge >= 0.3 is 0 Å². The number of aromatic amines is 1. The third kappa shape index (κ3) is 5.57. The van der Waals surface area contributed by atoms with Crippen molar-refractivity contribution in [3.63, 3.8) is 0 Å². The average Bonchev–Trinajstić information content (AvgIpc) is 3.34. The Kier molecular flexibility index (Phi) is 7.69. The van der Waals surface area contributed by atoms with E-state index in [9.17, 15) is 4.79 Å². The van der Waals surface area contributed by atoms with Gasteiger partial charge in [-0.15, -0.1) is 5.10 Å². The topological polar surface area (TPSA) is 79.7 Å². The van der Waals surface area contributed by atoms with Crippen molar-refractivity contribution in [2.45, 2.75) is 72.5 Å². The largest absolute Gasteiger partial charge is 0.322 e. The fourth-order valence-corrected chi connectivity index (χ4v) is 4.78. The van der Waals surface area contributed by atoms with Crippen LogP contribution in [0.1, 0.15) is 69.6 Å². The first kappa shape index (κ1) is 25.8. The number of hydrogen-bond acceptors (Lipinski definition) is 5. The van der Waals surface area contributed by atoms with Crippen LogP contribution in [0.3, 0.4) is 0 Å². The predicted octanol–water partition coefficient (Wildman–Crippen LogP) is 5.41. The van der Waals surface area contributed by atoms with E-state index < -0.39 is 0 Å². The molecule has 190 valence electrons. The van der Waals surface area contributed by atoms with Crippen LogP contribution in [0.5, 0.6) is 0 Å². The highest BCUT2D eigenvalue weighted by molar-refractivity contribution is 5.79. The Morgan fingerprint density at radius 3 is 2.53 bits per heavy atom. The number of H-pyrrole nitrogens is 1. The van der Waals surface area contributed by atoms with Crippen LogP contribution >= 0.6 is 0 Å². The van der Waals surface area contributed by atoms with Crippen LogP contribution in [-0.2, 0) is 18.5 Å². The van der Waals surface area contributed by atoms with Gasteiger partial charge in [0.05, 0.1) is 11.6 Å².